The van der Waals surface area contributed by atoms with Crippen molar-refractivity contribution in [2.75, 3.05) is 24.2 Å². The summed E-state index contributed by atoms with van der Waals surface area (Å²) in [6.07, 6.45) is 3.28. The highest BCUT2D eigenvalue weighted by molar-refractivity contribution is 8.13. The minimum absolute atomic E-state index is 0.0415. The third-order valence-electron chi connectivity index (χ3n) is 3.63. The number of ketones is 1. The number of aryl methyl sites for hydroxylation is 1. The molecule has 0 bridgehead atoms. The molecule has 0 atom stereocenters. The summed E-state index contributed by atoms with van der Waals surface area (Å²) < 4.78 is 1.66. The number of anilines is 1. The Bertz CT molecular complexity index is 785. The van der Waals surface area contributed by atoms with E-state index in [1.54, 1.807) is 48.3 Å². The smallest absolute Gasteiger partial charge is 0.282 e. The molecular formula is C16H16N4O3S. The van der Waals surface area contributed by atoms with Gasteiger partial charge < -0.3 is 14.8 Å². The van der Waals surface area contributed by atoms with Crippen LogP contribution in [0.5, 0.6) is 0 Å². The Balaban J connectivity index is 1.62. The van der Waals surface area contributed by atoms with Gasteiger partial charge in [-0.2, -0.15) is 0 Å². The minimum atomic E-state index is -0.256. The van der Waals surface area contributed by atoms with Gasteiger partial charge in [0.25, 0.3) is 5.24 Å². The molecule has 1 aromatic carbocycles. The van der Waals surface area contributed by atoms with Gasteiger partial charge in [-0.15, -0.1) is 0 Å². The lowest BCUT2D eigenvalue weighted by Gasteiger charge is -2.14. The maximum Gasteiger partial charge on any atom is 0.282 e. The van der Waals surface area contributed by atoms with Gasteiger partial charge in [0.15, 0.2) is 5.82 Å². The number of carbonyl (C=O) groups excluding carboxylic acids is 3. The van der Waals surface area contributed by atoms with E-state index in [0.29, 0.717) is 23.6 Å². The van der Waals surface area contributed by atoms with Gasteiger partial charge in [0.05, 0.1) is 0 Å². The number of hydrogen-bond acceptors (Lipinski definition) is 5. The van der Waals surface area contributed by atoms with Gasteiger partial charge in [0, 0.05) is 43.0 Å². The van der Waals surface area contributed by atoms with E-state index in [0.717, 1.165) is 5.75 Å². The van der Waals surface area contributed by atoms with Gasteiger partial charge >= 0.3 is 0 Å². The van der Waals surface area contributed by atoms with Crippen molar-refractivity contribution in [3.63, 3.8) is 0 Å². The minimum Gasteiger partial charge on any atom is -0.331 e. The Morgan fingerprint density at radius 3 is 2.62 bits per heavy atom. The normalized spacial score (nSPS) is 14.0. The average Bonchev–Trinajstić information content (AvgIpc) is 3.16. The monoisotopic (exact) mass is 344 g/mol. The summed E-state index contributed by atoms with van der Waals surface area (Å²) in [5.41, 5.74) is 1.07. The number of carbonyl (C=O) groups is 3. The van der Waals surface area contributed by atoms with E-state index in [9.17, 15) is 14.4 Å². The highest BCUT2D eigenvalue weighted by Crippen LogP contribution is 2.17. The molecule has 2 heterocycles. The molecule has 24 heavy (non-hydrogen) atoms. The second kappa shape index (κ2) is 6.88. The van der Waals surface area contributed by atoms with E-state index in [-0.39, 0.29) is 23.5 Å². The summed E-state index contributed by atoms with van der Waals surface area (Å²) >= 11 is 1.22. The predicted octanol–water partition coefficient (Wildman–Crippen LogP) is 1.76. The first-order valence-corrected chi connectivity index (χ1v) is 8.37. The van der Waals surface area contributed by atoms with Crippen molar-refractivity contribution in [3.05, 3.63) is 48.0 Å². The topological polar surface area (TPSA) is 84.3 Å². The molecule has 7 nitrogen and oxygen atoms in total. The molecule has 2 amide bonds. The van der Waals surface area contributed by atoms with E-state index in [1.807, 2.05) is 0 Å². The van der Waals surface area contributed by atoms with E-state index < -0.39 is 0 Å². The molecule has 2 aromatic rings. The molecule has 0 saturated carbocycles. The Morgan fingerprint density at radius 1 is 1.29 bits per heavy atom. The van der Waals surface area contributed by atoms with E-state index in [4.69, 9.17) is 0 Å². The summed E-state index contributed by atoms with van der Waals surface area (Å²) in [7, 11) is 1.76. The number of amides is 2. The fraction of sp³-hybridized carbons (Fsp3) is 0.250. The first-order chi connectivity index (χ1) is 11.5. The maximum absolute atomic E-state index is 12.3. The number of rotatable bonds is 5. The molecule has 1 fully saturated rings. The summed E-state index contributed by atoms with van der Waals surface area (Å²) in [5, 5.41) is 2.66. The van der Waals surface area contributed by atoms with Gasteiger partial charge in [-0.1, -0.05) is 11.8 Å². The predicted molar refractivity (Wildman–Crippen MR) is 91.1 cm³/mol. The lowest BCUT2D eigenvalue weighted by atomic mass is 10.1. The van der Waals surface area contributed by atoms with Crippen molar-refractivity contribution in [1.29, 1.82) is 0 Å². The van der Waals surface area contributed by atoms with Crippen LogP contribution in [-0.4, -0.2) is 50.2 Å². The quantitative estimate of drug-likeness (QED) is 0.836. The molecule has 1 N–H and O–H groups in total. The largest absolute Gasteiger partial charge is 0.331 e. The average molecular weight is 344 g/mol. The van der Waals surface area contributed by atoms with Crippen LogP contribution in [0.15, 0.2) is 36.7 Å². The molecule has 0 aliphatic carbocycles. The number of nitrogens with zero attached hydrogens (tertiary/aromatic N) is 3. The van der Waals surface area contributed by atoms with Crippen LogP contribution < -0.4 is 5.32 Å². The third-order valence-corrected chi connectivity index (χ3v) is 4.53. The Morgan fingerprint density at radius 2 is 2.04 bits per heavy atom. The first-order valence-electron chi connectivity index (χ1n) is 7.38. The van der Waals surface area contributed by atoms with Crippen LogP contribution in [0, 0.1) is 0 Å². The van der Waals surface area contributed by atoms with Gasteiger partial charge in [0.2, 0.25) is 11.7 Å². The van der Waals surface area contributed by atoms with Gasteiger partial charge in [-0.3, -0.25) is 14.4 Å². The van der Waals surface area contributed by atoms with Gasteiger partial charge in [-0.25, -0.2) is 4.98 Å². The van der Waals surface area contributed by atoms with Crippen LogP contribution in [0.25, 0.3) is 0 Å². The summed E-state index contributed by atoms with van der Waals surface area (Å²) in [6, 6.07) is 6.61. The summed E-state index contributed by atoms with van der Waals surface area (Å²) in [5.74, 6) is 0.641. The molecule has 8 heteroatoms. The molecule has 0 unspecified atom stereocenters. The molecule has 1 saturated heterocycles. The van der Waals surface area contributed by atoms with Crippen LogP contribution in [-0.2, 0) is 11.8 Å². The zero-order chi connectivity index (χ0) is 17.1. The van der Waals surface area contributed by atoms with Crippen LogP contribution in [0.4, 0.5) is 10.5 Å². The Kier molecular flexibility index (Phi) is 4.66. The fourth-order valence-electron chi connectivity index (χ4n) is 2.36. The van der Waals surface area contributed by atoms with Crippen LogP contribution in [0.1, 0.15) is 16.2 Å². The van der Waals surface area contributed by atoms with Crippen molar-refractivity contribution in [2.45, 2.75) is 0 Å². The standard InChI is InChI=1S/C16H16N4O3S/c1-19-7-6-17-15(19)14(22)11-2-4-12(5-3-11)18-13(21)10-20-8-9-24-16(20)23/h2-7H,8-10H2,1H3,(H,18,21). The van der Waals surface area contributed by atoms with Crippen LogP contribution in [0.2, 0.25) is 0 Å². The summed E-state index contributed by atoms with van der Waals surface area (Å²) in [4.78, 5) is 41.3. The van der Waals surface area contributed by atoms with Crippen molar-refractivity contribution in [3.8, 4) is 0 Å². The van der Waals surface area contributed by atoms with E-state index in [1.165, 1.54) is 16.7 Å². The molecule has 0 spiro atoms. The Hall–Kier alpha value is -2.61. The lowest BCUT2D eigenvalue weighted by molar-refractivity contribution is -0.116. The fourth-order valence-corrected chi connectivity index (χ4v) is 3.19. The molecule has 1 aliphatic heterocycles. The SMILES string of the molecule is Cn1ccnc1C(=O)c1ccc(NC(=O)CN2CCSC2=O)cc1. The molecular weight excluding hydrogens is 328 g/mol. The van der Waals surface area contributed by atoms with Crippen molar-refractivity contribution in [2.24, 2.45) is 7.05 Å². The second-order valence-electron chi connectivity index (χ2n) is 5.35. The molecule has 3 rings (SSSR count). The molecule has 0 radical (unpaired) electrons. The number of imidazole rings is 1. The number of benzene rings is 1. The van der Waals surface area contributed by atoms with E-state index in [2.05, 4.69) is 10.3 Å². The highest BCUT2D eigenvalue weighted by atomic mass is 32.2. The van der Waals surface area contributed by atoms with Crippen molar-refractivity contribution in [1.82, 2.24) is 14.5 Å². The third kappa shape index (κ3) is 3.48. The van der Waals surface area contributed by atoms with Gasteiger partial charge in [-0.05, 0) is 24.3 Å². The number of thioether (sulfide) groups is 1. The number of aromatic nitrogens is 2. The second-order valence-corrected chi connectivity index (χ2v) is 6.40. The molecule has 124 valence electrons. The Labute approximate surface area is 143 Å². The van der Waals surface area contributed by atoms with E-state index >= 15 is 0 Å². The van der Waals surface area contributed by atoms with Crippen LogP contribution in [0.3, 0.4) is 0 Å². The maximum atomic E-state index is 12.3. The lowest BCUT2D eigenvalue weighted by Crippen LogP contribution is -2.33. The van der Waals surface area contributed by atoms with Crippen molar-refractivity contribution < 1.29 is 14.4 Å². The number of nitrogens with one attached hydrogen (secondary N) is 1. The van der Waals surface area contributed by atoms with Crippen LogP contribution >= 0.6 is 11.8 Å². The van der Waals surface area contributed by atoms with Gasteiger partial charge in [0.1, 0.15) is 6.54 Å². The molecule has 1 aliphatic rings. The van der Waals surface area contributed by atoms with Crippen molar-refractivity contribution >= 4 is 34.4 Å². The summed E-state index contributed by atoms with van der Waals surface area (Å²) in [6.45, 7) is 0.633. The highest BCUT2D eigenvalue weighted by Gasteiger charge is 2.23. The zero-order valence-electron chi connectivity index (χ0n) is 13.1. The first kappa shape index (κ1) is 16.3. The molecule has 1 aromatic heterocycles. The zero-order valence-corrected chi connectivity index (χ0v) is 13.9. The number of hydrogen-bond donors (Lipinski definition) is 1.